The predicted molar refractivity (Wildman–Crippen MR) is 84.3 cm³/mol. The van der Waals surface area contributed by atoms with E-state index in [-0.39, 0.29) is 5.97 Å². The molecule has 2 saturated heterocycles. The zero-order valence-electron chi connectivity index (χ0n) is 14.0. The summed E-state index contributed by atoms with van der Waals surface area (Å²) >= 11 is 0. The lowest BCUT2D eigenvalue weighted by molar-refractivity contribution is -0.148. The van der Waals surface area contributed by atoms with Gasteiger partial charge in [0.15, 0.2) is 0 Å². The molecule has 0 spiro atoms. The summed E-state index contributed by atoms with van der Waals surface area (Å²) in [7, 11) is 3.30. The second-order valence-corrected chi connectivity index (χ2v) is 6.81. The summed E-state index contributed by atoms with van der Waals surface area (Å²) in [6.45, 7) is 8.95. The molecular formula is C16H31N3O2. The first kappa shape index (κ1) is 16.7. The van der Waals surface area contributed by atoms with Gasteiger partial charge in [0.2, 0.25) is 0 Å². The molecule has 0 aromatic carbocycles. The lowest BCUT2D eigenvalue weighted by Crippen LogP contribution is -2.53. The molecule has 0 saturated carbocycles. The molecule has 21 heavy (non-hydrogen) atoms. The van der Waals surface area contributed by atoms with Crippen molar-refractivity contribution in [3.8, 4) is 0 Å². The van der Waals surface area contributed by atoms with Gasteiger partial charge in [-0.3, -0.25) is 14.6 Å². The highest BCUT2D eigenvalue weighted by molar-refractivity contribution is 5.80. The number of rotatable bonds is 5. The molecule has 2 heterocycles. The Morgan fingerprint density at radius 2 is 2.10 bits per heavy atom. The Kier molecular flexibility index (Phi) is 5.63. The predicted octanol–water partition coefficient (Wildman–Crippen LogP) is 1.09. The fourth-order valence-electron chi connectivity index (χ4n) is 3.87. The van der Waals surface area contributed by atoms with E-state index in [2.05, 4.69) is 22.0 Å². The summed E-state index contributed by atoms with van der Waals surface area (Å²) in [6.07, 6.45) is 4.67. The first-order valence-electron chi connectivity index (χ1n) is 8.25. The Hall–Kier alpha value is -0.650. The number of methoxy groups -OCH3 is 1. The third kappa shape index (κ3) is 3.76. The average Bonchev–Trinajstić information content (AvgIpc) is 2.82. The van der Waals surface area contributed by atoms with Gasteiger partial charge in [0.1, 0.15) is 5.54 Å². The minimum Gasteiger partial charge on any atom is -0.468 e. The van der Waals surface area contributed by atoms with Crippen molar-refractivity contribution in [3.05, 3.63) is 0 Å². The molecule has 0 aromatic rings. The van der Waals surface area contributed by atoms with Crippen LogP contribution in [0.2, 0.25) is 0 Å². The van der Waals surface area contributed by atoms with Gasteiger partial charge in [-0.2, -0.15) is 0 Å². The molecule has 0 radical (unpaired) electrons. The Labute approximate surface area is 129 Å². The minimum atomic E-state index is -0.601. The number of likely N-dealkylation sites (N-methyl/N-ethyl adjacent to an activating group) is 1. The van der Waals surface area contributed by atoms with Gasteiger partial charge < -0.3 is 10.1 Å². The van der Waals surface area contributed by atoms with Crippen LogP contribution in [0.4, 0.5) is 0 Å². The van der Waals surface area contributed by atoms with Crippen LogP contribution in [0, 0.1) is 0 Å². The van der Waals surface area contributed by atoms with Gasteiger partial charge in [-0.15, -0.1) is 0 Å². The van der Waals surface area contributed by atoms with Gasteiger partial charge in [0.25, 0.3) is 0 Å². The molecule has 3 atom stereocenters. The lowest BCUT2D eigenvalue weighted by atomic mass is 9.92. The van der Waals surface area contributed by atoms with E-state index in [0.29, 0.717) is 12.1 Å². The first-order valence-corrected chi connectivity index (χ1v) is 8.25. The van der Waals surface area contributed by atoms with Crippen LogP contribution in [0.25, 0.3) is 0 Å². The van der Waals surface area contributed by atoms with E-state index in [9.17, 15) is 4.79 Å². The van der Waals surface area contributed by atoms with Gasteiger partial charge >= 0.3 is 5.97 Å². The van der Waals surface area contributed by atoms with Crippen molar-refractivity contribution < 1.29 is 9.53 Å². The van der Waals surface area contributed by atoms with Crippen LogP contribution < -0.4 is 5.32 Å². The lowest BCUT2D eigenvalue weighted by Gasteiger charge is -2.36. The first-order chi connectivity index (χ1) is 10.00. The number of fused-ring (bicyclic) bond motifs is 1. The Bertz CT molecular complexity index is 363. The van der Waals surface area contributed by atoms with Gasteiger partial charge in [0.05, 0.1) is 7.11 Å². The Morgan fingerprint density at radius 1 is 1.38 bits per heavy atom. The number of esters is 1. The van der Waals surface area contributed by atoms with Crippen molar-refractivity contribution >= 4 is 5.97 Å². The summed E-state index contributed by atoms with van der Waals surface area (Å²) in [5.74, 6) is -0.172. The largest absolute Gasteiger partial charge is 0.468 e. The molecule has 5 nitrogen and oxygen atoms in total. The fraction of sp³-hybridized carbons (Fsp3) is 0.938. The molecule has 5 heteroatoms. The molecule has 0 aromatic heterocycles. The number of hydrogen-bond donors (Lipinski definition) is 1. The van der Waals surface area contributed by atoms with E-state index < -0.39 is 5.54 Å². The highest BCUT2D eigenvalue weighted by Gasteiger charge is 2.37. The third-order valence-electron chi connectivity index (χ3n) is 5.35. The van der Waals surface area contributed by atoms with Crippen molar-refractivity contribution in [3.63, 3.8) is 0 Å². The van der Waals surface area contributed by atoms with Crippen LogP contribution in [-0.2, 0) is 9.53 Å². The van der Waals surface area contributed by atoms with E-state index in [1.165, 1.54) is 39.5 Å². The minimum absolute atomic E-state index is 0.172. The quantitative estimate of drug-likeness (QED) is 0.770. The number of carbonyl (C=O) groups excluding carboxylic acids is 1. The molecular weight excluding hydrogens is 266 g/mol. The van der Waals surface area contributed by atoms with E-state index in [1.54, 1.807) is 0 Å². The SMILES string of the molecule is CNC(C)(CC(C)N1CCCN2CCCC2C1)C(=O)OC. The molecule has 3 unspecified atom stereocenters. The van der Waals surface area contributed by atoms with Gasteiger partial charge in [-0.05, 0) is 66.2 Å². The maximum absolute atomic E-state index is 12.0. The third-order valence-corrected chi connectivity index (χ3v) is 5.35. The second-order valence-electron chi connectivity index (χ2n) is 6.81. The molecule has 122 valence electrons. The summed E-state index contributed by atoms with van der Waals surface area (Å²) in [5, 5.41) is 3.15. The van der Waals surface area contributed by atoms with Crippen LogP contribution in [-0.4, -0.2) is 73.7 Å². The molecule has 0 amide bonds. The van der Waals surface area contributed by atoms with Crippen LogP contribution in [0.5, 0.6) is 0 Å². The molecule has 2 fully saturated rings. The smallest absolute Gasteiger partial charge is 0.325 e. The summed E-state index contributed by atoms with van der Waals surface area (Å²) < 4.78 is 4.96. The topological polar surface area (TPSA) is 44.8 Å². The van der Waals surface area contributed by atoms with Crippen LogP contribution in [0.1, 0.15) is 39.5 Å². The Balaban J connectivity index is 1.98. The van der Waals surface area contributed by atoms with Crippen LogP contribution >= 0.6 is 0 Å². The normalized spacial score (nSPS) is 28.5. The standard InChI is InChI=1S/C16H31N3O2/c1-13(11-16(2,17-3)15(20)21-4)19-10-6-9-18-8-5-7-14(18)12-19/h13-14,17H,5-12H2,1-4H3. The summed E-state index contributed by atoms with van der Waals surface area (Å²) in [5.41, 5.74) is -0.601. The number of nitrogens with zero attached hydrogens (tertiary/aromatic N) is 2. The fourth-order valence-corrected chi connectivity index (χ4v) is 3.87. The molecule has 2 rings (SSSR count). The van der Waals surface area contributed by atoms with E-state index in [1.807, 2.05) is 14.0 Å². The van der Waals surface area contributed by atoms with Crippen LogP contribution in [0.15, 0.2) is 0 Å². The Morgan fingerprint density at radius 3 is 2.76 bits per heavy atom. The summed E-state index contributed by atoms with van der Waals surface area (Å²) in [4.78, 5) is 17.2. The second kappa shape index (κ2) is 7.07. The number of hydrogen-bond acceptors (Lipinski definition) is 5. The van der Waals surface area contributed by atoms with Gasteiger partial charge in [-0.1, -0.05) is 0 Å². The number of ether oxygens (including phenoxy) is 1. The van der Waals surface area contributed by atoms with E-state index in [0.717, 1.165) is 19.5 Å². The van der Waals surface area contributed by atoms with Crippen molar-refractivity contribution in [2.45, 2.75) is 57.2 Å². The van der Waals surface area contributed by atoms with E-state index in [4.69, 9.17) is 4.74 Å². The number of nitrogens with one attached hydrogen (secondary N) is 1. The molecule has 2 aliphatic rings. The average molecular weight is 297 g/mol. The molecule has 1 N–H and O–H groups in total. The highest BCUT2D eigenvalue weighted by atomic mass is 16.5. The van der Waals surface area contributed by atoms with E-state index >= 15 is 0 Å². The molecule has 2 aliphatic heterocycles. The van der Waals surface area contributed by atoms with Gasteiger partial charge in [0, 0.05) is 18.6 Å². The van der Waals surface area contributed by atoms with Crippen molar-refractivity contribution in [1.82, 2.24) is 15.1 Å². The van der Waals surface area contributed by atoms with Gasteiger partial charge in [-0.25, -0.2) is 0 Å². The maximum atomic E-state index is 12.0. The van der Waals surface area contributed by atoms with Crippen molar-refractivity contribution in [2.75, 3.05) is 40.3 Å². The zero-order valence-corrected chi connectivity index (χ0v) is 14.0. The maximum Gasteiger partial charge on any atom is 0.325 e. The zero-order chi connectivity index (χ0) is 15.5. The highest BCUT2D eigenvalue weighted by Crippen LogP contribution is 2.25. The van der Waals surface area contributed by atoms with Crippen molar-refractivity contribution in [2.24, 2.45) is 0 Å². The summed E-state index contributed by atoms with van der Waals surface area (Å²) in [6, 6.07) is 1.09. The van der Waals surface area contributed by atoms with Crippen molar-refractivity contribution in [1.29, 1.82) is 0 Å². The molecule has 0 aliphatic carbocycles. The molecule has 0 bridgehead atoms. The monoisotopic (exact) mass is 297 g/mol. The van der Waals surface area contributed by atoms with Crippen LogP contribution in [0.3, 0.4) is 0 Å². The number of carbonyl (C=O) groups is 1.